The van der Waals surface area contributed by atoms with Crippen molar-refractivity contribution in [2.24, 2.45) is 5.92 Å². The van der Waals surface area contributed by atoms with E-state index >= 15 is 0 Å². The minimum atomic E-state index is -0.225. The molecule has 0 bridgehead atoms. The van der Waals surface area contributed by atoms with Crippen LogP contribution < -0.4 is 5.32 Å². The quantitative estimate of drug-likeness (QED) is 0.914. The number of hydrogen-bond donors (Lipinski definition) is 1. The van der Waals surface area contributed by atoms with Gasteiger partial charge in [-0.2, -0.15) is 0 Å². The van der Waals surface area contributed by atoms with Crippen molar-refractivity contribution < 1.29 is 9.59 Å². The van der Waals surface area contributed by atoms with Crippen molar-refractivity contribution in [3.63, 3.8) is 0 Å². The molecule has 1 fully saturated rings. The Hall–Kier alpha value is -1.43. The first-order valence-electron chi connectivity index (χ1n) is 6.83. The third-order valence-electron chi connectivity index (χ3n) is 3.47. The van der Waals surface area contributed by atoms with Crippen molar-refractivity contribution >= 4 is 23.2 Å². The van der Waals surface area contributed by atoms with Gasteiger partial charge in [-0.1, -0.05) is 0 Å². The maximum atomic E-state index is 12.1. The van der Waals surface area contributed by atoms with Crippen LogP contribution in [-0.2, 0) is 16.0 Å². The highest BCUT2D eigenvalue weighted by Gasteiger charge is 2.39. The first kappa shape index (κ1) is 15.0. The Morgan fingerprint density at radius 2 is 2.30 bits per heavy atom. The van der Waals surface area contributed by atoms with Gasteiger partial charge in [0.2, 0.25) is 11.8 Å². The van der Waals surface area contributed by atoms with Crippen molar-refractivity contribution in [1.82, 2.24) is 15.2 Å². The van der Waals surface area contributed by atoms with Gasteiger partial charge in [0.25, 0.3) is 0 Å². The summed E-state index contributed by atoms with van der Waals surface area (Å²) in [5, 5.41) is 4.88. The smallest absolute Gasteiger partial charge is 0.225 e. The summed E-state index contributed by atoms with van der Waals surface area (Å²) in [7, 11) is 0. The van der Waals surface area contributed by atoms with Crippen molar-refractivity contribution in [3.8, 4) is 0 Å². The lowest BCUT2D eigenvalue weighted by Gasteiger charge is -2.31. The first-order valence-corrected chi connectivity index (χ1v) is 7.77. The van der Waals surface area contributed by atoms with Crippen LogP contribution in [0.4, 0.5) is 0 Å². The number of carbonyl (C=O) groups excluding carboxylic acids is 2. The van der Waals surface area contributed by atoms with Gasteiger partial charge in [0.1, 0.15) is 0 Å². The Morgan fingerprint density at radius 3 is 2.85 bits per heavy atom. The molecule has 1 N–H and O–H groups in total. The van der Waals surface area contributed by atoms with Crippen LogP contribution in [0.15, 0.2) is 10.9 Å². The number of rotatable bonds is 4. The number of nitrogens with zero attached hydrogens (tertiary/aromatic N) is 2. The molecule has 0 aliphatic carbocycles. The first-order chi connectivity index (χ1) is 9.38. The second-order valence-corrected chi connectivity index (χ2v) is 6.82. The maximum absolute atomic E-state index is 12.1. The van der Waals surface area contributed by atoms with Crippen LogP contribution in [0.5, 0.6) is 0 Å². The minimum Gasteiger partial charge on any atom is -0.355 e. The molecule has 1 aromatic rings. The Kier molecular flexibility index (Phi) is 4.42. The zero-order valence-electron chi connectivity index (χ0n) is 12.2. The molecular weight excluding hydrogens is 274 g/mol. The molecule has 0 radical (unpaired) electrons. The van der Waals surface area contributed by atoms with Crippen molar-refractivity contribution in [3.05, 3.63) is 16.6 Å². The van der Waals surface area contributed by atoms with Crippen LogP contribution in [0.2, 0.25) is 0 Å². The van der Waals surface area contributed by atoms with E-state index in [9.17, 15) is 9.59 Å². The summed E-state index contributed by atoms with van der Waals surface area (Å²) in [5.41, 5.74) is 2.56. The predicted molar refractivity (Wildman–Crippen MR) is 78.4 cm³/mol. The van der Waals surface area contributed by atoms with Crippen LogP contribution in [-0.4, -0.2) is 40.3 Å². The van der Waals surface area contributed by atoms with Crippen LogP contribution >= 0.6 is 11.3 Å². The SMILES string of the molecule is CC(C)(C)N1C[C@H](C(=O)NCCc2cscn2)CC1=O. The monoisotopic (exact) mass is 295 g/mol. The van der Waals surface area contributed by atoms with E-state index in [1.54, 1.807) is 21.7 Å². The standard InChI is InChI=1S/C14H21N3O2S/c1-14(2,3)17-7-10(6-12(17)18)13(19)15-5-4-11-8-20-9-16-11/h8-10H,4-7H2,1-3H3,(H,15,19)/t10-/m1/s1. The van der Waals surface area contributed by atoms with Crippen molar-refractivity contribution in [1.29, 1.82) is 0 Å². The highest BCUT2D eigenvalue weighted by molar-refractivity contribution is 7.07. The van der Waals surface area contributed by atoms with Gasteiger partial charge in [0.05, 0.1) is 17.1 Å². The molecule has 6 heteroatoms. The van der Waals surface area contributed by atoms with Gasteiger partial charge in [0, 0.05) is 36.9 Å². The molecule has 0 unspecified atom stereocenters. The third-order valence-corrected chi connectivity index (χ3v) is 4.10. The summed E-state index contributed by atoms with van der Waals surface area (Å²) in [6, 6.07) is 0. The number of likely N-dealkylation sites (tertiary alicyclic amines) is 1. The van der Waals surface area contributed by atoms with E-state index in [1.165, 1.54) is 0 Å². The van der Waals surface area contributed by atoms with Gasteiger partial charge in [-0.25, -0.2) is 4.98 Å². The fraction of sp³-hybridized carbons (Fsp3) is 0.643. The van der Waals surface area contributed by atoms with Gasteiger partial charge in [-0.15, -0.1) is 11.3 Å². The largest absolute Gasteiger partial charge is 0.355 e. The Labute approximate surface area is 123 Å². The molecule has 2 heterocycles. The summed E-state index contributed by atoms with van der Waals surface area (Å²) in [5.74, 6) is -0.186. The zero-order chi connectivity index (χ0) is 14.8. The Balaban J connectivity index is 1.80. The van der Waals surface area contributed by atoms with E-state index in [2.05, 4.69) is 10.3 Å². The number of aromatic nitrogens is 1. The predicted octanol–water partition coefficient (Wildman–Crippen LogP) is 1.45. The minimum absolute atomic E-state index is 0.0275. The highest BCUT2D eigenvalue weighted by Crippen LogP contribution is 2.25. The second-order valence-electron chi connectivity index (χ2n) is 6.10. The van der Waals surface area contributed by atoms with Crippen molar-refractivity contribution in [2.75, 3.05) is 13.1 Å². The van der Waals surface area contributed by atoms with Crippen LogP contribution in [0.1, 0.15) is 32.9 Å². The molecule has 1 saturated heterocycles. The summed E-state index contributed by atoms with van der Waals surface area (Å²) >= 11 is 1.55. The molecule has 2 amide bonds. The summed E-state index contributed by atoms with van der Waals surface area (Å²) in [6.07, 6.45) is 1.05. The third kappa shape index (κ3) is 3.56. The fourth-order valence-corrected chi connectivity index (χ4v) is 2.94. The number of nitrogens with one attached hydrogen (secondary N) is 1. The molecular formula is C14H21N3O2S. The fourth-order valence-electron chi connectivity index (χ4n) is 2.35. The van der Waals surface area contributed by atoms with E-state index < -0.39 is 0 Å². The lowest BCUT2D eigenvalue weighted by molar-refractivity contribution is -0.132. The average molecular weight is 295 g/mol. The molecule has 1 atom stereocenters. The Bertz CT molecular complexity index is 479. The lowest BCUT2D eigenvalue weighted by atomic mass is 10.1. The van der Waals surface area contributed by atoms with Crippen LogP contribution in [0, 0.1) is 5.92 Å². The number of hydrogen-bond acceptors (Lipinski definition) is 4. The number of carbonyl (C=O) groups is 2. The summed E-state index contributed by atoms with van der Waals surface area (Å²) in [4.78, 5) is 30.0. The van der Waals surface area contributed by atoms with Gasteiger partial charge in [-0.3, -0.25) is 9.59 Å². The van der Waals surface area contributed by atoms with E-state index in [4.69, 9.17) is 0 Å². The molecule has 1 aromatic heterocycles. The van der Waals surface area contributed by atoms with Gasteiger partial charge in [0.15, 0.2) is 0 Å². The van der Waals surface area contributed by atoms with E-state index in [1.807, 2.05) is 26.2 Å². The highest BCUT2D eigenvalue weighted by atomic mass is 32.1. The van der Waals surface area contributed by atoms with E-state index in [0.29, 0.717) is 19.5 Å². The summed E-state index contributed by atoms with van der Waals surface area (Å²) in [6.45, 7) is 7.07. The molecule has 0 aromatic carbocycles. The average Bonchev–Trinajstić information content (AvgIpc) is 2.97. The zero-order valence-corrected chi connectivity index (χ0v) is 13.0. The van der Waals surface area contributed by atoms with Gasteiger partial charge in [-0.05, 0) is 20.8 Å². The van der Waals surface area contributed by atoms with Crippen LogP contribution in [0.3, 0.4) is 0 Å². The molecule has 5 nitrogen and oxygen atoms in total. The molecule has 1 aliphatic heterocycles. The normalized spacial score (nSPS) is 19.4. The number of thiazole rings is 1. The molecule has 1 aliphatic rings. The maximum Gasteiger partial charge on any atom is 0.225 e. The lowest BCUT2D eigenvalue weighted by Crippen LogP contribution is -2.43. The molecule has 0 saturated carbocycles. The van der Waals surface area contributed by atoms with Gasteiger partial charge < -0.3 is 10.2 Å². The molecule has 2 rings (SSSR count). The van der Waals surface area contributed by atoms with E-state index in [-0.39, 0.29) is 23.3 Å². The number of amides is 2. The second kappa shape index (κ2) is 5.91. The molecule has 20 heavy (non-hydrogen) atoms. The van der Waals surface area contributed by atoms with Crippen LogP contribution in [0.25, 0.3) is 0 Å². The molecule has 0 spiro atoms. The van der Waals surface area contributed by atoms with Crippen molar-refractivity contribution in [2.45, 2.75) is 39.2 Å². The topological polar surface area (TPSA) is 62.3 Å². The van der Waals surface area contributed by atoms with Gasteiger partial charge >= 0.3 is 0 Å². The Morgan fingerprint density at radius 1 is 1.55 bits per heavy atom. The summed E-state index contributed by atoms with van der Waals surface area (Å²) < 4.78 is 0. The van der Waals surface area contributed by atoms with E-state index in [0.717, 1.165) is 12.1 Å². The molecule has 110 valence electrons.